The monoisotopic (exact) mass is 325 g/mol. The van der Waals surface area contributed by atoms with Gasteiger partial charge in [-0.15, -0.1) is 0 Å². The van der Waals surface area contributed by atoms with E-state index in [0.717, 1.165) is 21.5 Å². The van der Waals surface area contributed by atoms with Crippen molar-refractivity contribution in [3.05, 3.63) is 39.9 Å². The van der Waals surface area contributed by atoms with E-state index in [1.54, 1.807) is 20.4 Å². The van der Waals surface area contributed by atoms with Crippen molar-refractivity contribution in [2.45, 2.75) is 13.0 Å². The summed E-state index contributed by atoms with van der Waals surface area (Å²) in [7, 11) is 3.24. The highest BCUT2D eigenvalue weighted by atomic mass is 79.9. The molecule has 2 aromatic rings. The summed E-state index contributed by atoms with van der Waals surface area (Å²) >= 11 is 3.33. The zero-order valence-corrected chi connectivity index (χ0v) is 12.6. The quantitative estimate of drug-likeness (QED) is 0.906. The predicted molar refractivity (Wildman–Crippen MR) is 76.6 cm³/mol. The van der Waals surface area contributed by atoms with E-state index in [1.807, 2.05) is 19.1 Å². The standard InChI is InChI=1S/C13H16BrN3O2/c1-7-4-8(18-2)5-9(19-3)11(7)12(15)13-16-6-10(14)17-13/h4-6,12H,15H2,1-3H3,(H,16,17). The predicted octanol–water partition coefficient (Wildman–Crippen LogP) is 2.55. The van der Waals surface area contributed by atoms with Gasteiger partial charge >= 0.3 is 0 Å². The van der Waals surface area contributed by atoms with E-state index >= 15 is 0 Å². The summed E-state index contributed by atoms with van der Waals surface area (Å²) in [6.45, 7) is 1.97. The second-order valence-corrected chi connectivity index (χ2v) is 5.01. The average Bonchev–Trinajstić information content (AvgIpc) is 2.83. The van der Waals surface area contributed by atoms with Gasteiger partial charge in [0.1, 0.15) is 21.9 Å². The smallest absolute Gasteiger partial charge is 0.128 e. The molecular formula is C13H16BrN3O2. The van der Waals surface area contributed by atoms with E-state index in [9.17, 15) is 0 Å². The van der Waals surface area contributed by atoms with E-state index in [1.165, 1.54) is 0 Å². The molecule has 0 saturated carbocycles. The van der Waals surface area contributed by atoms with Gasteiger partial charge in [-0.05, 0) is 34.5 Å². The topological polar surface area (TPSA) is 73.2 Å². The number of methoxy groups -OCH3 is 2. The number of aromatic amines is 1. The molecule has 1 heterocycles. The third kappa shape index (κ3) is 2.74. The summed E-state index contributed by atoms with van der Waals surface area (Å²) < 4.78 is 11.4. The van der Waals surface area contributed by atoms with Crippen molar-refractivity contribution >= 4 is 15.9 Å². The van der Waals surface area contributed by atoms with Crippen LogP contribution in [-0.4, -0.2) is 24.2 Å². The molecule has 1 aromatic heterocycles. The van der Waals surface area contributed by atoms with Crippen molar-refractivity contribution in [2.75, 3.05) is 14.2 Å². The van der Waals surface area contributed by atoms with Crippen LogP contribution in [0.5, 0.6) is 11.5 Å². The van der Waals surface area contributed by atoms with E-state index in [0.29, 0.717) is 11.6 Å². The number of halogens is 1. The molecule has 2 rings (SSSR count). The van der Waals surface area contributed by atoms with Crippen molar-refractivity contribution < 1.29 is 9.47 Å². The number of hydrogen-bond donors (Lipinski definition) is 2. The fraction of sp³-hybridized carbons (Fsp3) is 0.308. The van der Waals surface area contributed by atoms with E-state index in [-0.39, 0.29) is 6.04 Å². The van der Waals surface area contributed by atoms with E-state index in [2.05, 4.69) is 25.9 Å². The van der Waals surface area contributed by atoms with Gasteiger partial charge in [0, 0.05) is 11.6 Å². The molecule has 0 fully saturated rings. The molecule has 0 aliphatic carbocycles. The van der Waals surface area contributed by atoms with Crippen molar-refractivity contribution in [3.63, 3.8) is 0 Å². The Bertz CT molecular complexity index is 583. The lowest BCUT2D eigenvalue weighted by atomic mass is 9.99. The summed E-state index contributed by atoms with van der Waals surface area (Å²) in [5.74, 6) is 2.11. The molecule has 3 N–H and O–H groups in total. The lowest BCUT2D eigenvalue weighted by Gasteiger charge is -2.18. The van der Waals surface area contributed by atoms with Crippen molar-refractivity contribution in [3.8, 4) is 11.5 Å². The molecule has 1 unspecified atom stereocenters. The third-order valence-corrected chi connectivity index (χ3v) is 3.35. The Labute approximate surface area is 120 Å². The van der Waals surface area contributed by atoms with Gasteiger partial charge in [0.05, 0.1) is 26.5 Å². The van der Waals surface area contributed by atoms with E-state index < -0.39 is 0 Å². The fourth-order valence-corrected chi connectivity index (χ4v) is 2.33. The van der Waals surface area contributed by atoms with Gasteiger partial charge in [-0.2, -0.15) is 0 Å². The Hall–Kier alpha value is -1.53. The molecule has 0 bridgehead atoms. The normalized spacial score (nSPS) is 12.3. The minimum atomic E-state index is -0.382. The van der Waals surface area contributed by atoms with Crippen LogP contribution in [0, 0.1) is 6.92 Å². The molecule has 0 aliphatic heterocycles. The summed E-state index contributed by atoms with van der Waals surface area (Å²) in [5, 5.41) is 0. The number of nitrogens with two attached hydrogens (primary N) is 1. The number of aromatic nitrogens is 2. The zero-order chi connectivity index (χ0) is 14.0. The van der Waals surface area contributed by atoms with Crippen molar-refractivity contribution in [1.29, 1.82) is 0 Å². The van der Waals surface area contributed by atoms with Crippen molar-refractivity contribution in [1.82, 2.24) is 9.97 Å². The molecule has 1 aromatic carbocycles. The van der Waals surface area contributed by atoms with Gasteiger partial charge in [-0.1, -0.05) is 0 Å². The highest BCUT2D eigenvalue weighted by molar-refractivity contribution is 9.10. The summed E-state index contributed by atoms with van der Waals surface area (Å²) in [5.41, 5.74) is 8.15. The molecule has 0 amide bonds. The lowest BCUT2D eigenvalue weighted by molar-refractivity contribution is 0.388. The molecule has 5 nitrogen and oxygen atoms in total. The van der Waals surface area contributed by atoms with Gasteiger partial charge < -0.3 is 20.2 Å². The van der Waals surface area contributed by atoms with Crippen LogP contribution in [0.3, 0.4) is 0 Å². The number of ether oxygens (including phenoxy) is 2. The molecule has 102 valence electrons. The molecule has 6 heteroatoms. The minimum Gasteiger partial charge on any atom is -0.497 e. The SMILES string of the molecule is COc1cc(C)c(C(N)c2ncc(Br)[nH]2)c(OC)c1. The van der Waals surface area contributed by atoms with Crippen LogP contribution in [0.25, 0.3) is 0 Å². The van der Waals surface area contributed by atoms with Crippen LogP contribution in [-0.2, 0) is 0 Å². The Morgan fingerprint density at radius 3 is 2.58 bits per heavy atom. The maximum atomic E-state index is 6.26. The first-order valence-electron chi connectivity index (χ1n) is 5.75. The van der Waals surface area contributed by atoms with Crippen LogP contribution in [0.15, 0.2) is 22.9 Å². The third-order valence-electron chi connectivity index (χ3n) is 2.95. The van der Waals surface area contributed by atoms with Gasteiger partial charge in [-0.3, -0.25) is 0 Å². The molecule has 0 aliphatic rings. The fourth-order valence-electron chi connectivity index (χ4n) is 2.03. The van der Waals surface area contributed by atoms with Gasteiger partial charge in [0.25, 0.3) is 0 Å². The second kappa shape index (κ2) is 5.63. The molecule has 0 spiro atoms. The number of aryl methyl sites for hydroxylation is 1. The number of nitrogens with zero attached hydrogens (tertiary/aromatic N) is 1. The number of imidazole rings is 1. The first kappa shape index (κ1) is 13.9. The Kier molecular flexibility index (Phi) is 4.11. The first-order chi connectivity index (χ1) is 9.06. The van der Waals surface area contributed by atoms with Gasteiger partial charge in [0.2, 0.25) is 0 Å². The molecule has 0 radical (unpaired) electrons. The lowest BCUT2D eigenvalue weighted by Crippen LogP contribution is -2.16. The molecule has 0 saturated heterocycles. The Balaban J connectivity index is 2.49. The van der Waals surface area contributed by atoms with Crippen LogP contribution in [0.4, 0.5) is 0 Å². The van der Waals surface area contributed by atoms with Crippen LogP contribution in [0.1, 0.15) is 23.0 Å². The number of H-pyrrole nitrogens is 1. The largest absolute Gasteiger partial charge is 0.497 e. The Morgan fingerprint density at radius 2 is 2.05 bits per heavy atom. The van der Waals surface area contributed by atoms with Crippen molar-refractivity contribution in [2.24, 2.45) is 5.73 Å². The Morgan fingerprint density at radius 1 is 1.32 bits per heavy atom. The highest BCUT2D eigenvalue weighted by Gasteiger charge is 2.20. The number of benzene rings is 1. The number of hydrogen-bond acceptors (Lipinski definition) is 4. The summed E-state index contributed by atoms with van der Waals surface area (Å²) in [4.78, 5) is 7.31. The number of nitrogens with one attached hydrogen (secondary N) is 1. The average molecular weight is 326 g/mol. The maximum absolute atomic E-state index is 6.26. The van der Waals surface area contributed by atoms with Crippen LogP contribution in [0.2, 0.25) is 0 Å². The highest BCUT2D eigenvalue weighted by Crippen LogP contribution is 2.34. The number of rotatable bonds is 4. The minimum absolute atomic E-state index is 0.382. The molecular weight excluding hydrogens is 310 g/mol. The molecule has 19 heavy (non-hydrogen) atoms. The van der Waals surface area contributed by atoms with Crippen LogP contribution >= 0.6 is 15.9 Å². The van der Waals surface area contributed by atoms with Gasteiger partial charge in [-0.25, -0.2) is 4.98 Å². The second-order valence-electron chi connectivity index (χ2n) is 4.15. The van der Waals surface area contributed by atoms with Crippen LogP contribution < -0.4 is 15.2 Å². The molecule has 1 atom stereocenters. The summed E-state index contributed by atoms with van der Waals surface area (Å²) in [6.07, 6.45) is 1.68. The zero-order valence-electron chi connectivity index (χ0n) is 11.0. The maximum Gasteiger partial charge on any atom is 0.128 e. The first-order valence-corrected chi connectivity index (χ1v) is 6.54. The summed E-state index contributed by atoms with van der Waals surface area (Å²) in [6, 6.07) is 3.36. The van der Waals surface area contributed by atoms with Gasteiger partial charge in [0.15, 0.2) is 0 Å². The van der Waals surface area contributed by atoms with E-state index in [4.69, 9.17) is 15.2 Å².